The molecule has 2 amide bonds. The number of alkyl halides is 3. The molecular weight excluding hydrogens is 463 g/mol. The van der Waals surface area contributed by atoms with Crippen molar-refractivity contribution in [2.24, 2.45) is 18.9 Å². The van der Waals surface area contributed by atoms with E-state index >= 15 is 0 Å². The van der Waals surface area contributed by atoms with Crippen LogP contribution in [0.25, 0.3) is 0 Å². The monoisotopic (exact) mass is 485 g/mol. The van der Waals surface area contributed by atoms with Gasteiger partial charge in [-0.3, -0.25) is 14.4 Å². The van der Waals surface area contributed by atoms with Gasteiger partial charge < -0.3 is 14.9 Å². The third-order valence-corrected chi connectivity index (χ3v) is 5.52. The second-order valence-electron chi connectivity index (χ2n) is 7.99. The molecule has 2 aliphatic rings. The van der Waals surface area contributed by atoms with E-state index in [1.165, 1.54) is 17.1 Å². The molecule has 2 fully saturated rings. The average Bonchev–Trinajstić information content (AvgIpc) is 3.46. The Balaban J connectivity index is 0.000000406. The van der Waals surface area contributed by atoms with Crippen LogP contribution in [-0.2, 0) is 23.1 Å². The number of carboxylic acids is 1. The maximum atomic E-state index is 12.5. The molecule has 2 atom stereocenters. The number of nitrogens with zero attached hydrogens (tertiary/aromatic N) is 6. The third kappa shape index (κ3) is 6.17. The summed E-state index contributed by atoms with van der Waals surface area (Å²) in [6.07, 6.45) is -1.03. The van der Waals surface area contributed by atoms with Gasteiger partial charge in [-0.25, -0.2) is 9.89 Å². The number of halogens is 3. The Morgan fingerprint density at radius 1 is 1.12 bits per heavy atom. The average molecular weight is 485 g/mol. The molecule has 34 heavy (non-hydrogen) atoms. The first-order chi connectivity index (χ1) is 15.9. The Labute approximate surface area is 190 Å². The maximum absolute atomic E-state index is 12.5. The van der Waals surface area contributed by atoms with Gasteiger partial charge in [-0.1, -0.05) is 0 Å². The highest BCUT2D eigenvalue weighted by Gasteiger charge is 2.43. The molecule has 4 heterocycles. The molecule has 2 aromatic heterocycles. The van der Waals surface area contributed by atoms with Crippen molar-refractivity contribution in [3.63, 3.8) is 0 Å². The van der Waals surface area contributed by atoms with Gasteiger partial charge in [-0.15, -0.1) is 0 Å². The van der Waals surface area contributed by atoms with Gasteiger partial charge in [0.2, 0.25) is 5.91 Å². The van der Waals surface area contributed by atoms with E-state index in [1.54, 1.807) is 18.1 Å². The summed E-state index contributed by atoms with van der Waals surface area (Å²) in [5, 5.41) is 21.3. The second kappa shape index (κ2) is 10.0. The summed E-state index contributed by atoms with van der Waals surface area (Å²) >= 11 is 0. The van der Waals surface area contributed by atoms with Crippen LogP contribution in [0.1, 0.15) is 22.5 Å². The second-order valence-corrected chi connectivity index (χ2v) is 7.99. The van der Waals surface area contributed by atoms with Crippen LogP contribution in [0.4, 0.5) is 13.2 Å². The number of likely N-dealkylation sites (tertiary alicyclic amines) is 2. The summed E-state index contributed by atoms with van der Waals surface area (Å²) in [6, 6.07) is 1.27. The lowest BCUT2D eigenvalue weighted by atomic mass is 10.0. The summed E-state index contributed by atoms with van der Waals surface area (Å²) < 4.78 is 31.7. The van der Waals surface area contributed by atoms with Crippen molar-refractivity contribution < 1.29 is 32.7 Å². The van der Waals surface area contributed by atoms with Crippen molar-refractivity contribution in [3.8, 4) is 0 Å². The van der Waals surface area contributed by atoms with E-state index in [4.69, 9.17) is 9.90 Å². The van der Waals surface area contributed by atoms with Crippen LogP contribution in [0.5, 0.6) is 0 Å². The van der Waals surface area contributed by atoms with Crippen LogP contribution in [0.2, 0.25) is 0 Å². The number of nitrogens with one attached hydrogen (secondary N) is 1. The topological polar surface area (TPSA) is 154 Å². The molecule has 0 spiro atoms. The SMILES string of the molecule is Cn1ncc(CCC(=O)N2C[C@@H]3CN(C(=O)c4cn[nH]c(=O)c4)C[C@@H]3C2)n1.O=C(O)C(F)(F)F. The zero-order valence-corrected chi connectivity index (χ0v) is 18.0. The predicted octanol–water partition coefficient (Wildman–Crippen LogP) is -0.305. The molecule has 2 N–H and O–H groups in total. The molecule has 2 aromatic rings. The van der Waals surface area contributed by atoms with E-state index < -0.39 is 12.1 Å². The lowest BCUT2D eigenvalue weighted by Gasteiger charge is -2.21. The molecule has 4 rings (SSSR count). The first-order valence-electron chi connectivity index (χ1n) is 10.2. The smallest absolute Gasteiger partial charge is 0.475 e. The lowest BCUT2D eigenvalue weighted by Crippen LogP contribution is -2.36. The fourth-order valence-corrected chi connectivity index (χ4v) is 3.93. The predicted molar refractivity (Wildman–Crippen MR) is 107 cm³/mol. The highest BCUT2D eigenvalue weighted by Crippen LogP contribution is 2.32. The zero-order valence-electron chi connectivity index (χ0n) is 18.0. The molecule has 15 heteroatoms. The fraction of sp³-hybridized carbons (Fsp3) is 0.526. The molecule has 12 nitrogen and oxygen atoms in total. The van der Waals surface area contributed by atoms with Crippen molar-refractivity contribution in [2.75, 3.05) is 26.2 Å². The Bertz CT molecular complexity index is 1100. The van der Waals surface area contributed by atoms with Crippen molar-refractivity contribution in [3.05, 3.63) is 40.1 Å². The zero-order chi connectivity index (χ0) is 25.0. The highest BCUT2D eigenvalue weighted by molar-refractivity contribution is 5.94. The normalized spacial score (nSPS) is 19.4. The molecule has 0 radical (unpaired) electrons. The number of aryl methyl sites for hydroxylation is 2. The first kappa shape index (κ1) is 24.9. The van der Waals surface area contributed by atoms with Crippen LogP contribution in [0, 0.1) is 11.8 Å². The van der Waals surface area contributed by atoms with Gasteiger partial charge in [-0.2, -0.15) is 33.3 Å². The molecule has 0 unspecified atom stereocenters. The minimum atomic E-state index is -5.08. The molecular formula is C19H22F3N7O5. The van der Waals surface area contributed by atoms with E-state index in [9.17, 15) is 27.6 Å². The Hall–Kier alpha value is -3.78. The van der Waals surface area contributed by atoms with Crippen molar-refractivity contribution in [1.82, 2.24) is 35.0 Å². The van der Waals surface area contributed by atoms with E-state index in [0.717, 1.165) is 5.69 Å². The van der Waals surface area contributed by atoms with E-state index in [2.05, 4.69) is 20.4 Å². The number of aliphatic carboxylic acids is 1. The van der Waals surface area contributed by atoms with Gasteiger partial charge in [0.25, 0.3) is 11.5 Å². The lowest BCUT2D eigenvalue weighted by molar-refractivity contribution is -0.192. The van der Waals surface area contributed by atoms with Crippen LogP contribution >= 0.6 is 0 Å². The van der Waals surface area contributed by atoms with Gasteiger partial charge in [0.05, 0.1) is 23.7 Å². The number of aromatic amines is 1. The van der Waals surface area contributed by atoms with Gasteiger partial charge in [0.15, 0.2) is 0 Å². The number of fused-ring (bicyclic) bond motifs is 1. The van der Waals surface area contributed by atoms with Crippen molar-refractivity contribution >= 4 is 17.8 Å². The van der Waals surface area contributed by atoms with Gasteiger partial charge in [-0.05, 0) is 0 Å². The van der Waals surface area contributed by atoms with Gasteiger partial charge >= 0.3 is 12.1 Å². The summed E-state index contributed by atoms with van der Waals surface area (Å²) in [7, 11) is 1.75. The quantitative estimate of drug-likeness (QED) is 0.598. The number of carboxylic acid groups (broad SMARTS) is 1. The highest BCUT2D eigenvalue weighted by atomic mass is 19.4. The number of hydrogen-bond acceptors (Lipinski definition) is 7. The van der Waals surface area contributed by atoms with Crippen LogP contribution in [-0.4, -0.2) is 90.2 Å². The summed E-state index contributed by atoms with van der Waals surface area (Å²) in [6.45, 7) is 2.54. The fourth-order valence-electron chi connectivity index (χ4n) is 3.93. The van der Waals surface area contributed by atoms with Crippen LogP contribution in [0.3, 0.4) is 0 Å². The Morgan fingerprint density at radius 3 is 2.21 bits per heavy atom. The summed E-state index contributed by atoms with van der Waals surface area (Å²) in [5.41, 5.74) is 0.726. The molecule has 0 aromatic carbocycles. The molecule has 184 valence electrons. The van der Waals surface area contributed by atoms with Crippen LogP contribution < -0.4 is 5.56 Å². The van der Waals surface area contributed by atoms with E-state index in [-0.39, 0.29) is 29.2 Å². The van der Waals surface area contributed by atoms with E-state index in [0.29, 0.717) is 44.6 Å². The van der Waals surface area contributed by atoms with E-state index in [1.807, 2.05) is 4.90 Å². The van der Waals surface area contributed by atoms with Crippen molar-refractivity contribution in [1.29, 1.82) is 0 Å². The first-order valence-corrected chi connectivity index (χ1v) is 10.2. The van der Waals surface area contributed by atoms with Gasteiger partial charge in [0, 0.05) is 64.0 Å². The molecule has 2 saturated heterocycles. The third-order valence-electron chi connectivity index (χ3n) is 5.52. The number of aromatic nitrogens is 5. The summed E-state index contributed by atoms with van der Waals surface area (Å²) in [4.78, 5) is 50.4. The number of carbonyl (C=O) groups is 3. The number of amides is 2. The Kier molecular flexibility index (Phi) is 7.32. The van der Waals surface area contributed by atoms with Gasteiger partial charge in [0.1, 0.15) is 0 Å². The summed E-state index contributed by atoms with van der Waals surface area (Å²) in [5.74, 6) is -2.25. The largest absolute Gasteiger partial charge is 0.490 e. The molecule has 0 saturated carbocycles. The standard InChI is InChI=1S/C17H21N7O3.C2HF3O2/c1-22-19-6-14(21-22)2-3-16(26)23-7-12-9-24(10-13(12)8-23)17(27)11-4-15(25)20-18-5-11;3-2(4,5)1(6)7/h4-6,12-13H,2-3,7-10H2,1H3,(H,20,25);(H,6,7)/t12-,13+;. The molecule has 0 bridgehead atoms. The molecule has 2 aliphatic heterocycles. The minimum Gasteiger partial charge on any atom is -0.475 e. The number of hydrogen-bond donors (Lipinski definition) is 2. The number of rotatable bonds is 4. The maximum Gasteiger partial charge on any atom is 0.490 e. The Morgan fingerprint density at radius 2 is 1.71 bits per heavy atom. The number of carbonyl (C=O) groups excluding carboxylic acids is 2. The molecule has 0 aliphatic carbocycles. The number of H-pyrrole nitrogens is 1. The van der Waals surface area contributed by atoms with Crippen molar-refractivity contribution in [2.45, 2.75) is 19.0 Å². The van der Waals surface area contributed by atoms with Crippen LogP contribution in [0.15, 0.2) is 23.3 Å². The minimum absolute atomic E-state index is 0.117.